The van der Waals surface area contributed by atoms with Crippen LogP contribution >= 0.6 is 0 Å². The molecule has 0 aliphatic carbocycles. The molecule has 0 saturated carbocycles. The molecule has 22 heavy (non-hydrogen) atoms. The number of rotatable bonds is 6. The maximum atomic E-state index is 12.1. The summed E-state index contributed by atoms with van der Waals surface area (Å²) in [5, 5.41) is 2.34. The van der Waals surface area contributed by atoms with E-state index < -0.39 is 22.0 Å². The van der Waals surface area contributed by atoms with Crippen LogP contribution in [0.15, 0.2) is 29.2 Å². The Morgan fingerprint density at radius 1 is 1.36 bits per heavy atom. The lowest BCUT2D eigenvalue weighted by Crippen LogP contribution is -2.38. The topological polar surface area (TPSA) is 113 Å². The molecule has 1 aliphatic heterocycles. The van der Waals surface area contributed by atoms with Crippen LogP contribution < -0.4 is 10.0 Å². The highest BCUT2D eigenvalue weighted by atomic mass is 32.2. The molecule has 0 atom stereocenters. The van der Waals surface area contributed by atoms with Crippen molar-refractivity contribution in [3.8, 4) is 0 Å². The molecule has 0 radical (unpaired) electrons. The zero-order valence-corrected chi connectivity index (χ0v) is 12.6. The lowest BCUT2D eigenvalue weighted by molar-refractivity contribution is -0.124. The number of hydrogen-bond donors (Lipinski definition) is 2. The molecular weight excluding hydrogens is 310 g/mol. The molecule has 1 fully saturated rings. The van der Waals surface area contributed by atoms with Gasteiger partial charge in [-0.3, -0.25) is 14.5 Å². The zero-order valence-electron chi connectivity index (χ0n) is 11.8. The molecule has 1 aromatic rings. The molecule has 9 heteroatoms. The van der Waals surface area contributed by atoms with E-state index >= 15 is 0 Å². The summed E-state index contributed by atoms with van der Waals surface area (Å²) in [6.45, 7) is 1.10. The van der Waals surface area contributed by atoms with E-state index in [0.29, 0.717) is 0 Å². The second-order valence-electron chi connectivity index (χ2n) is 4.69. The molecule has 1 saturated heterocycles. The molecule has 8 nitrogen and oxygen atoms in total. The van der Waals surface area contributed by atoms with E-state index in [1.807, 2.05) is 0 Å². The first-order chi connectivity index (χ1) is 10.3. The Bertz CT molecular complexity index is 713. The maximum Gasteiger partial charge on any atom is 0.324 e. The average molecular weight is 325 g/mol. The summed E-state index contributed by atoms with van der Waals surface area (Å²) in [6, 6.07) is 5.10. The van der Waals surface area contributed by atoms with Crippen molar-refractivity contribution in [2.45, 2.75) is 11.8 Å². The van der Waals surface area contributed by atoms with E-state index in [1.165, 1.54) is 31.2 Å². The molecule has 1 heterocycles. The summed E-state index contributed by atoms with van der Waals surface area (Å²) in [7, 11) is -3.81. The van der Waals surface area contributed by atoms with E-state index in [0.717, 1.165) is 4.90 Å². The summed E-state index contributed by atoms with van der Waals surface area (Å²) in [5.41, 5.74) is 0.289. The number of imide groups is 1. The molecule has 0 unspecified atom stereocenters. The summed E-state index contributed by atoms with van der Waals surface area (Å²) < 4.78 is 26.5. The number of carbonyl (C=O) groups excluding carboxylic acids is 3. The quantitative estimate of drug-likeness (QED) is 0.552. The van der Waals surface area contributed by atoms with Crippen LogP contribution in [0.3, 0.4) is 0 Å². The van der Waals surface area contributed by atoms with Gasteiger partial charge in [0.25, 0.3) is 0 Å². The van der Waals surface area contributed by atoms with E-state index in [9.17, 15) is 22.8 Å². The monoisotopic (exact) mass is 325 g/mol. The van der Waals surface area contributed by atoms with Gasteiger partial charge in [0.15, 0.2) is 5.78 Å². The molecule has 0 bridgehead atoms. The number of benzene rings is 1. The standard InChI is InChI=1S/C13H15N3O5S/c1-9(17)10-3-2-4-11(7-10)22(20,21)15-5-6-16-12(18)8-14-13(16)19/h2-4,7,15H,5-6,8H2,1H3,(H,14,19). The van der Waals surface area contributed by atoms with Crippen LogP contribution in [0, 0.1) is 0 Å². The Morgan fingerprint density at radius 3 is 2.68 bits per heavy atom. The summed E-state index contributed by atoms with van der Waals surface area (Å²) in [4.78, 5) is 34.8. The van der Waals surface area contributed by atoms with Gasteiger partial charge in [-0.2, -0.15) is 0 Å². The average Bonchev–Trinajstić information content (AvgIpc) is 2.79. The third-order valence-corrected chi connectivity index (χ3v) is 4.57. The van der Waals surface area contributed by atoms with Gasteiger partial charge in [-0.25, -0.2) is 17.9 Å². The highest BCUT2D eigenvalue weighted by molar-refractivity contribution is 7.89. The van der Waals surface area contributed by atoms with E-state index in [-0.39, 0.29) is 35.9 Å². The van der Waals surface area contributed by atoms with Gasteiger partial charge >= 0.3 is 6.03 Å². The van der Waals surface area contributed by atoms with Gasteiger partial charge in [-0.05, 0) is 19.1 Å². The molecule has 1 aromatic carbocycles. The van der Waals surface area contributed by atoms with Crippen LogP contribution in [0.5, 0.6) is 0 Å². The summed E-state index contributed by atoms with van der Waals surface area (Å²) in [5.74, 6) is -0.640. The maximum absolute atomic E-state index is 12.1. The molecular formula is C13H15N3O5S. The minimum Gasteiger partial charge on any atom is -0.329 e. The van der Waals surface area contributed by atoms with Crippen LogP contribution in [0.25, 0.3) is 0 Å². The lowest BCUT2D eigenvalue weighted by atomic mass is 10.2. The number of urea groups is 1. The number of ketones is 1. The van der Waals surface area contributed by atoms with Crippen LogP contribution in [0.2, 0.25) is 0 Å². The van der Waals surface area contributed by atoms with Crippen LogP contribution in [0.1, 0.15) is 17.3 Å². The van der Waals surface area contributed by atoms with Crippen molar-refractivity contribution < 1.29 is 22.8 Å². The molecule has 1 aliphatic rings. The van der Waals surface area contributed by atoms with Gasteiger partial charge in [-0.15, -0.1) is 0 Å². The second kappa shape index (κ2) is 6.24. The third kappa shape index (κ3) is 3.49. The molecule has 2 N–H and O–H groups in total. The van der Waals surface area contributed by atoms with Crippen molar-refractivity contribution in [2.75, 3.05) is 19.6 Å². The molecule has 3 amide bonds. The van der Waals surface area contributed by atoms with Crippen molar-refractivity contribution >= 4 is 27.7 Å². The van der Waals surface area contributed by atoms with Crippen molar-refractivity contribution in [1.82, 2.24) is 14.9 Å². The zero-order chi connectivity index (χ0) is 16.3. The van der Waals surface area contributed by atoms with E-state index in [1.54, 1.807) is 0 Å². The van der Waals surface area contributed by atoms with Crippen LogP contribution in [-0.2, 0) is 14.8 Å². The first-order valence-corrected chi connectivity index (χ1v) is 7.98. The molecule has 0 spiro atoms. The molecule has 0 aromatic heterocycles. The van der Waals surface area contributed by atoms with E-state index in [4.69, 9.17) is 0 Å². The highest BCUT2D eigenvalue weighted by Crippen LogP contribution is 2.12. The normalized spacial score (nSPS) is 15.0. The second-order valence-corrected chi connectivity index (χ2v) is 6.45. The third-order valence-electron chi connectivity index (χ3n) is 3.12. The van der Waals surface area contributed by atoms with Crippen LogP contribution in [-0.4, -0.2) is 50.7 Å². The fraction of sp³-hybridized carbons (Fsp3) is 0.308. The van der Waals surface area contributed by atoms with Gasteiger partial charge in [-0.1, -0.05) is 12.1 Å². The van der Waals surface area contributed by atoms with Gasteiger partial charge in [0, 0.05) is 18.7 Å². The minimum atomic E-state index is -3.81. The smallest absolute Gasteiger partial charge is 0.324 e. The number of nitrogens with one attached hydrogen (secondary N) is 2. The molecule has 118 valence electrons. The number of nitrogens with zero attached hydrogens (tertiary/aromatic N) is 1. The van der Waals surface area contributed by atoms with Crippen molar-refractivity contribution in [1.29, 1.82) is 0 Å². The van der Waals surface area contributed by atoms with Crippen molar-refractivity contribution in [2.24, 2.45) is 0 Å². The summed E-state index contributed by atoms with van der Waals surface area (Å²) >= 11 is 0. The Morgan fingerprint density at radius 2 is 2.09 bits per heavy atom. The number of hydrogen-bond acceptors (Lipinski definition) is 5. The van der Waals surface area contributed by atoms with Gasteiger partial charge in [0.2, 0.25) is 15.9 Å². The Labute approximate surface area is 127 Å². The van der Waals surface area contributed by atoms with Crippen molar-refractivity contribution in [3.05, 3.63) is 29.8 Å². The van der Waals surface area contributed by atoms with Gasteiger partial charge < -0.3 is 5.32 Å². The van der Waals surface area contributed by atoms with Gasteiger partial charge in [0.05, 0.1) is 11.4 Å². The SMILES string of the molecule is CC(=O)c1cccc(S(=O)(=O)NCCN2C(=O)CNC2=O)c1. The minimum absolute atomic E-state index is 0.0441. The number of Topliss-reactive ketones (excluding diaryl/α,β-unsaturated/α-hetero) is 1. The van der Waals surface area contributed by atoms with Crippen LogP contribution in [0.4, 0.5) is 4.79 Å². The first-order valence-electron chi connectivity index (χ1n) is 6.50. The Kier molecular flexibility index (Phi) is 4.57. The fourth-order valence-corrected chi connectivity index (χ4v) is 3.01. The Hall–Kier alpha value is -2.26. The number of sulfonamides is 1. The molecule has 2 rings (SSSR count). The lowest BCUT2D eigenvalue weighted by Gasteiger charge is -2.13. The Balaban J connectivity index is 2.02. The van der Waals surface area contributed by atoms with Gasteiger partial charge in [0.1, 0.15) is 0 Å². The highest BCUT2D eigenvalue weighted by Gasteiger charge is 2.28. The van der Waals surface area contributed by atoms with Crippen molar-refractivity contribution in [3.63, 3.8) is 0 Å². The number of amides is 3. The predicted octanol–water partition coefficient (Wildman–Crippen LogP) is -0.281. The predicted molar refractivity (Wildman–Crippen MR) is 76.7 cm³/mol. The number of carbonyl (C=O) groups is 3. The fourth-order valence-electron chi connectivity index (χ4n) is 1.94. The van der Waals surface area contributed by atoms with E-state index in [2.05, 4.69) is 10.0 Å². The largest absolute Gasteiger partial charge is 0.329 e. The first kappa shape index (κ1) is 16.1. The summed E-state index contributed by atoms with van der Waals surface area (Å²) in [6.07, 6.45) is 0.